The zero-order chi connectivity index (χ0) is 11.0. The molecule has 0 amide bonds. The van der Waals surface area contributed by atoms with Gasteiger partial charge in [-0.15, -0.1) is 0 Å². The Balaban J connectivity index is 1.64. The predicted octanol–water partition coefficient (Wildman–Crippen LogP) is 0.804. The molecule has 2 aliphatic heterocycles. The molecule has 1 N–H and O–H groups in total. The van der Waals surface area contributed by atoms with Crippen LogP contribution in [0.3, 0.4) is 0 Å². The van der Waals surface area contributed by atoms with Crippen molar-refractivity contribution in [1.29, 1.82) is 0 Å². The lowest BCUT2D eigenvalue weighted by atomic mass is 10.2. The van der Waals surface area contributed by atoms with Gasteiger partial charge in [-0.1, -0.05) is 0 Å². The van der Waals surface area contributed by atoms with E-state index in [0.717, 1.165) is 19.7 Å². The Labute approximate surface area is 99.4 Å². The second kappa shape index (κ2) is 4.27. The number of H-pyrrole nitrogens is 1. The van der Waals surface area contributed by atoms with Gasteiger partial charge in [-0.2, -0.15) is 5.10 Å². The summed E-state index contributed by atoms with van der Waals surface area (Å²) >= 11 is 5.12. The monoisotopic (exact) mass is 240 g/mol. The largest absolute Gasteiger partial charge is 0.373 e. The summed E-state index contributed by atoms with van der Waals surface area (Å²) in [5.74, 6) is 0. The Kier molecular flexibility index (Phi) is 2.79. The number of ether oxygens (including phenoxy) is 1. The highest BCUT2D eigenvalue weighted by atomic mass is 32.1. The van der Waals surface area contributed by atoms with E-state index in [9.17, 15) is 0 Å². The van der Waals surface area contributed by atoms with Crippen molar-refractivity contribution < 1.29 is 4.74 Å². The maximum Gasteiger partial charge on any atom is 0.195 e. The Morgan fingerprint density at radius 3 is 3.38 bits per heavy atom. The third kappa shape index (κ3) is 1.92. The predicted molar refractivity (Wildman–Crippen MR) is 61.7 cm³/mol. The standard InChI is InChI=1S/C10H16N4OS/c16-10-12-11-7-14(10)5-9-4-13-3-1-2-8(13)6-15-9/h7-9H,1-6H2,(H,12,16). The highest BCUT2D eigenvalue weighted by Crippen LogP contribution is 2.23. The van der Waals surface area contributed by atoms with Gasteiger partial charge in [-0.05, 0) is 31.6 Å². The fourth-order valence-electron chi connectivity index (χ4n) is 2.62. The van der Waals surface area contributed by atoms with Crippen LogP contribution < -0.4 is 0 Å². The number of aromatic amines is 1. The molecule has 0 aromatic carbocycles. The minimum Gasteiger partial charge on any atom is -0.373 e. The van der Waals surface area contributed by atoms with Crippen molar-refractivity contribution in [3.05, 3.63) is 11.1 Å². The Morgan fingerprint density at radius 2 is 2.56 bits per heavy atom. The van der Waals surface area contributed by atoms with E-state index in [1.807, 2.05) is 4.57 Å². The molecule has 16 heavy (non-hydrogen) atoms. The van der Waals surface area contributed by atoms with Gasteiger partial charge in [-0.3, -0.25) is 10.00 Å². The van der Waals surface area contributed by atoms with Crippen LogP contribution in [-0.4, -0.2) is 51.5 Å². The van der Waals surface area contributed by atoms with E-state index >= 15 is 0 Å². The van der Waals surface area contributed by atoms with Crippen LogP contribution >= 0.6 is 12.2 Å². The van der Waals surface area contributed by atoms with Crippen LogP contribution in [0.15, 0.2) is 6.33 Å². The lowest BCUT2D eigenvalue weighted by Gasteiger charge is -2.35. The molecule has 0 bridgehead atoms. The van der Waals surface area contributed by atoms with Crippen molar-refractivity contribution in [2.24, 2.45) is 0 Å². The first kappa shape index (κ1) is 10.4. The third-order valence-electron chi connectivity index (χ3n) is 3.48. The Hall–Kier alpha value is -0.720. The number of hydrogen-bond acceptors (Lipinski definition) is 4. The number of fused-ring (bicyclic) bond motifs is 1. The third-order valence-corrected chi connectivity index (χ3v) is 3.81. The van der Waals surface area contributed by atoms with Crippen LogP contribution in [0.25, 0.3) is 0 Å². The molecule has 5 nitrogen and oxygen atoms in total. The summed E-state index contributed by atoms with van der Waals surface area (Å²) in [6.45, 7) is 3.92. The average Bonchev–Trinajstić information content (AvgIpc) is 2.88. The first-order valence-electron chi connectivity index (χ1n) is 5.78. The SMILES string of the molecule is S=c1[nH]ncn1CC1CN2CCCC2CO1. The van der Waals surface area contributed by atoms with E-state index in [4.69, 9.17) is 17.0 Å². The fourth-order valence-corrected chi connectivity index (χ4v) is 2.79. The molecular weight excluding hydrogens is 224 g/mol. The quantitative estimate of drug-likeness (QED) is 0.777. The molecule has 2 aliphatic rings. The minimum atomic E-state index is 0.249. The molecule has 0 aliphatic carbocycles. The van der Waals surface area contributed by atoms with Crippen molar-refractivity contribution in [3.63, 3.8) is 0 Å². The molecule has 88 valence electrons. The number of morpholine rings is 1. The Bertz CT molecular complexity index is 415. The second-order valence-corrected chi connectivity index (χ2v) is 4.95. The van der Waals surface area contributed by atoms with Gasteiger partial charge < -0.3 is 9.30 Å². The van der Waals surface area contributed by atoms with Gasteiger partial charge in [0.1, 0.15) is 6.33 Å². The number of aromatic nitrogens is 3. The number of hydrogen-bond donors (Lipinski definition) is 1. The summed E-state index contributed by atoms with van der Waals surface area (Å²) in [5.41, 5.74) is 0. The normalized spacial score (nSPS) is 30.5. The molecule has 3 heterocycles. The summed E-state index contributed by atoms with van der Waals surface area (Å²) in [4.78, 5) is 2.54. The highest BCUT2D eigenvalue weighted by Gasteiger charge is 2.32. The lowest BCUT2D eigenvalue weighted by Crippen LogP contribution is -2.47. The fraction of sp³-hybridized carbons (Fsp3) is 0.800. The van der Waals surface area contributed by atoms with E-state index in [-0.39, 0.29) is 6.10 Å². The van der Waals surface area contributed by atoms with Gasteiger partial charge in [0.15, 0.2) is 4.77 Å². The van der Waals surface area contributed by atoms with E-state index in [1.165, 1.54) is 19.4 Å². The van der Waals surface area contributed by atoms with E-state index in [0.29, 0.717) is 10.8 Å². The molecule has 1 aromatic heterocycles. The number of rotatable bonds is 2. The van der Waals surface area contributed by atoms with Crippen molar-refractivity contribution in [2.45, 2.75) is 31.5 Å². The summed E-state index contributed by atoms with van der Waals surface area (Å²) < 4.78 is 8.48. The topological polar surface area (TPSA) is 46.1 Å². The summed E-state index contributed by atoms with van der Waals surface area (Å²) in [6.07, 6.45) is 4.59. The molecule has 2 atom stereocenters. The first-order valence-corrected chi connectivity index (χ1v) is 6.19. The first-order chi connectivity index (χ1) is 7.83. The van der Waals surface area contributed by atoms with Crippen molar-refractivity contribution in [1.82, 2.24) is 19.7 Å². The van der Waals surface area contributed by atoms with Crippen LogP contribution in [0.1, 0.15) is 12.8 Å². The van der Waals surface area contributed by atoms with Crippen LogP contribution in [-0.2, 0) is 11.3 Å². The molecular formula is C10H16N4OS. The van der Waals surface area contributed by atoms with Gasteiger partial charge >= 0.3 is 0 Å². The molecule has 6 heteroatoms. The van der Waals surface area contributed by atoms with Crippen LogP contribution in [0.4, 0.5) is 0 Å². The maximum atomic E-state index is 5.87. The highest BCUT2D eigenvalue weighted by molar-refractivity contribution is 7.71. The summed E-state index contributed by atoms with van der Waals surface area (Å²) in [6, 6.07) is 0.661. The molecule has 1 aromatic rings. The zero-order valence-corrected chi connectivity index (χ0v) is 9.95. The lowest BCUT2D eigenvalue weighted by molar-refractivity contribution is -0.0553. The molecule has 2 fully saturated rings. The van der Waals surface area contributed by atoms with Gasteiger partial charge in [0.25, 0.3) is 0 Å². The van der Waals surface area contributed by atoms with Crippen LogP contribution in [0.2, 0.25) is 0 Å². The number of nitrogens with zero attached hydrogens (tertiary/aromatic N) is 3. The molecule has 3 rings (SSSR count). The van der Waals surface area contributed by atoms with Crippen molar-refractivity contribution >= 4 is 12.2 Å². The van der Waals surface area contributed by atoms with Crippen LogP contribution in [0, 0.1) is 4.77 Å². The minimum absolute atomic E-state index is 0.249. The summed E-state index contributed by atoms with van der Waals surface area (Å²) in [7, 11) is 0. The number of nitrogens with one attached hydrogen (secondary N) is 1. The maximum absolute atomic E-state index is 5.87. The van der Waals surface area contributed by atoms with Crippen molar-refractivity contribution in [2.75, 3.05) is 19.7 Å². The van der Waals surface area contributed by atoms with Crippen LogP contribution in [0.5, 0.6) is 0 Å². The van der Waals surface area contributed by atoms with E-state index in [1.54, 1.807) is 6.33 Å². The molecule has 0 saturated carbocycles. The second-order valence-electron chi connectivity index (χ2n) is 4.56. The van der Waals surface area contributed by atoms with E-state index in [2.05, 4.69) is 15.1 Å². The smallest absolute Gasteiger partial charge is 0.195 e. The van der Waals surface area contributed by atoms with E-state index < -0.39 is 0 Å². The van der Waals surface area contributed by atoms with Gasteiger partial charge in [0.2, 0.25) is 0 Å². The Morgan fingerprint density at radius 1 is 1.62 bits per heavy atom. The van der Waals surface area contributed by atoms with Crippen molar-refractivity contribution in [3.8, 4) is 0 Å². The zero-order valence-electron chi connectivity index (χ0n) is 9.13. The molecule has 0 radical (unpaired) electrons. The molecule has 0 spiro atoms. The molecule has 2 saturated heterocycles. The molecule has 2 unspecified atom stereocenters. The van der Waals surface area contributed by atoms with Gasteiger partial charge in [-0.25, -0.2) is 0 Å². The van der Waals surface area contributed by atoms with Gasteiger partial charge in [0, 0.05) is 12.6 Å². The summed E-state index contributed by atoms with van der Waals surface area (Å²) in [5, 5.41) is 6.68. The van der Waals surface area contributed by atoms with Gasteiger partial charge in [0.05, 0.1) is 19.3 Å². The average molecular weight is 240 g/mol.